The van der Waals surface area contributed by atoms with Crippen LogP contribution < -0.4 is 5.73 Å². The van der Waals surface area contributed by atoms with Crippen LogP contribution in [-0.4, -0.2) is 41.7 Å². The number of aliphatic hydroxyl groups excluding tert-OH is 1. The number of carbonyl (C=O) groups excluding carboxylic acids is 1. The Bertz CT molecular complexity index is 182. The van der Waals surface area contributed by atoms with Gasteiger partial charge in [-0.2, -0.15) is 0 Å². The second kappa shape index (κ2) is 4.58. The van der Waals surface area contributed by atoms with E-state index in [-0.39, 0.29) is 24.5 Å². The Morgan fingerprint density at radius 2 is 2.46 bits per heavy atom. The molecule has 1 aliphatic heterocycles. The minimum Gasteiger partial charge on any atom is -0.393 e. The molecule has 0 aromatic rings. The van der Waals surface area contributed by atoms with Crippen molar-refractivity contribution in [3.8, 4) is 0 Å². The molecule has 1 aliphatic rings. The molecule has 1 saturated heterocycles. The molecule has 4 heteroatoms. The topological polar surface area (TPSA) is 66.6 Å². The number of aliphatic hydroxyl groups is 1. The van der Waals surface area contributed by atoms with Crippen molar-refractivity contribution in [3.05, 3.63) is 0 Å². The summed E-state index contributed by atoms with van der Waals surface area (Å²) in [4.78, 5) is 13.0. The molecule has 1 amide bonds. The fourth-order valence-corrected chi connectivity index (χ4v) is 1.76. The van der Waals surface area contributed by atoms with Gasteiger partial charge in [-0.1, -0.05) is 0 Å². The molecule has 0 radical (unpaired) electrons. The molecule has 3 N–H and O–H groups in total. The molecule has 4 nitrogen and oxygen atoms in total. The van der Waals surface area contributed by atoms with Crippen molar-refractivity contribution in [2.24, 2.45) is 11.7 Å². The number of carbonyl (C=O) groups is 1. The van der Waals surface area contributed by atoms with E-state index in [1.54, 1.807) is 11.8 Å². The SMILES string of the molecule is CC(O)C1CCCN(C(=O)CN)C1. The van der Waals surface area contributed by atoms with Gasteiger partial charge >= 0.3 is 0 Å². The van der Waals surface area contributed by atoms with Crippen LogP contribution in [0.5, 0.6) is 0 Å². The monoisotopic (exact) mass is 186 g/mol. The average molecular weight is 186 g/mol. The Morgan fingerprint density at radius 3 is 3.00 bits per heavy atom. The zero-order valence-electron chi connectivity index (χ0n) is 8.07. The molecule has 2 unspecified atom stereocenters. The number of likely N-dealkylation sites (tertiary alicyclic amines) is 1. The maximum atomic E-state index is 11.3. The molecular weight excluding hydrogens is 168 g/mol. The van der Waals surface area contributed by atoms with Crippen molar-refractivity contribution in [3.63, 3.8) is 0 Å². The number of hydrogen-bond donors (Lipinski definition) is 2. The summed E-state index contributed by atoms with van der Waals surface area (Å²) in [5.41, 5.74) is 5.27. The molecular formula is C9H18N2O2. The summed E-state index contributed by atoms with van der Waals surface area (Å²) >= 11 is 0. The summed E-state index contributed by atoms with van der Waals surface area (Å²) in [7, 11) is 0. The number of nitrogens with zero attached hydrogens (tertiary/aromatic N) is 1. The first-order valence-corrected chi connectivity index (χ1v) is 4.81. The van der Waals surface area contributed by atoms with Gasteiger partial charge in [0.1, 0.15) is 0 Å². The highest BCUT2D eigenvalue weighted by Crippen LogP contribution is 2.19. The lowest BCUT2D eigenvalue weighted by atomic mass is 9.93. The molecule has 13 heavy (non-hydrogen) atoms. The van der Waals surface area contributed by atoms with Gasteiger partial charge in [0.15, 0.2) is 0 Å². The van der Waals surface area contributed by atoms with Gasteiger partial charge in [-0.25, -0.2) is 0 Å². The van der Waals surface area contributed by atoms with Crippen LogP contribution in [0, 0.1) is 5.92 Å². The van der Waals surface area contributed by atoms with E-state index in [1.807, 2.05) is 0 Å². The number of amides is 1. The van der Waals surface area contributed by atoms with Crippen LogP contribution in [-0.2, 0) is 4.79 Å². The molecule has 0 aromatic heterocycles. The molecule has 1 rings (SSSR count). The molecule has 0 aliphatic carbocycles. The molecule has 1 heterocycles. The van der Waals surface area contributed by atoms with Gasteiger partial charge in [0, 0.05) is 19.0 Å². The molecule has 76 valence electrons. The maximum absolute atomic E-state index is 11.3. The van der Waals surface area contributed by atoms with E-state index in [0.717, 1.165) is 19.4 Å². The van der Waals surface area contributed by atoms with E-state index in [9.17, 15) is 9.90 Å². The minimum absolute atomic E-state index is 0.00894. The lowest BCUT2D eigenvalue weighted by Gasteiger charge is -2.33. The summed E-state index contributed by atoms with van der Waals surface area (Å²) in [6.45, 7) is 3.31. The molecule has 1 fully saturated rings. The first-order chi connectivity index (χ1) is 6.15. The third-order valence-electron chi connectivity index (χ3n) is 2.67. The van der Waals surface area contributed by atoms with E-state index in [0.29, 0.717) is 6.54 Å². The van der Waals surface area contributed by atoms with Crippen molar-refractivity contribution in [2.75, 3.05) is 19.6 Å². The van der Waals surface area contributed by atoms with Crippen LogP contribution in [0.3, 0.4) is 0 Å². The number of rotatable bonds is 2. The molecule has 2 atom stereocenters. The van der Waals surface area contributed by atoms with E-state index >= 15 is 0 Å². The van der Waals surface area contributed by atoms with Crippen molar-refractivity contribution in [2.45, 2.75) is 25.9 Å². The predicted octanol–water partition coefficient (Wildman–Crippen LogP) is -0.435. The summed E-state index contributed by atoms with van der Waals surface area (Å²) in [5.74, 6) is 0.217. The van der Waals surface area contributed by atoms with E-state index in [1.165, 1.54) is 0 Å². The van der Waals surface area contributed by atoms with Crippen LogP contribution in [0.15, 0.2) is 0 Å². The van der Waals surface area contributed by atoms with E-state index in [4.69, 9.17) is 5.73 Å². The standard InChI is InChI=1S/C9H18N2O2/c1-7(12)8-3-2-4-11(6-8)9(13)5-10/h7-8,12H,2-6,10H2,1H3. The van der Waals surface area contributed by atoms with E-state index in [2.05, 4.69) is 0 Å². The lowest BCUT2D eigenvalue weighted by Crippen LogP contribution is -2.45. The quantitative estimate of drug-likeness (QED) is 0.614. The number of piperidine rings is 1. The Morgan fingerprint density at radius 1 is 1.77 bits per heavy atom. The van der Waals surface area contributed by atoms with Gasteiger partial charge in [0.05, 0.1) is 12.6 Å². The van der Waals surface area contributed by atoms with Crippen LogP contribution in [0.25, 0.3) is 0 Å². The predicted molar refractivity (Wildman–Crippen MR) is 50.0 cm³/mol. The highest BCUT2D eigenvalue weighted by molar-refractivity contribution is 5.78. The highest BCUT2D eigenvalue weighted by atomic mass is 16.3. The summed E-state index contributed by atoms with van der Waals surface area (Å²) in [6, 6.07) is 0. The lowest BCUT2D eigenvalue weighted by molar-refractivity contribution is -0.132. The summed E-state index contributed by atoms with van der Waals surface area (Å²) in [5, 5.41) is 9.38. The Hall–Kier alpha value is -0.610. The third kappa shape index (κ3) is 2.67. The van der Waals surface area contributed by atoms with Crippen LogP contribution in [0.4, 0.5) is 0 Å². The first kappa shape index (κ1) is 10.5. The van der Waals surface area contributed by atoms with Crippen LogP contribution >= 0.6 is 0 Å². The van der Waals surface area contributed by atoms with Crippen molar-refractivity contribution in [1.82, 2.24) is 4.90 Å². The van der Waals surface area contributed by atoms with Crippen LogP contribution in [0.1, 0.15) is 19.8 Å². The smallest absolute Gasteiger partial charge is 0.236 e. The molecule has 0 aromatic carbocycles. The normalized spacial score (nSPS) is 25.8. The largest absolute Gasteiger partial charge is 0.393 e. The molecule has 0 saturated carbocycles. The fourth-order valence-electron chi connectivity index (χ4n) is 1.76. The fraction of sp³-hybridized carbons (Fsp3) is 0.889. The Kier molecular flexibility index (Phi) is 3.69. The second-order valence-electron chi connectivity index (χ2n) is 3.69. The van der Waals surface area contributed by atoms with Crippen LogP contribution in [0.2, 0.25) is 0 Å². The van der Waals surface area contributed by atoms with Crippen molar-refractivity contribution in [1.29, 1.82) is 0 Å². The van der Waals surface area contributed by atoms with Gasteiger partial charge in [0.2, 0.25) is 5.91 Å². The van der Waals surface area contributed by atoms with E-state index < -0.39 is 0 Å². The average Bonchev–Trinajstić information content (AvgIpc) is 2.17. The Balaban J connectivity index is 2.46. The van der Waals surface area contributed by atoms with Gasteiger partial charge in [-0.15, -0.1) is 0 Å². The van der Waals surface area contributed by atoms with Gasteiger partial charge in [-0.05, 0) is 19.8 Å². The van der Waals surface area contributed by atoms with Gasteiger partial charge in [-0.3, -0.25) is 4.79 Å². The second-order valence-corrected chi connectivity index (χ2v) is 3.69. The maximum Gasteiger partial charge on any atom is 0.236 e. The third-order valence-corrected chi connectivity index (χ3v) is 2.67. The number of nitrogens with two attached hydrogens (primary N) is 1. The Labute approximate surface area is 78.7 Å². The first-order valence-electron chi connectivity index (χ1n) is 4.81. The summed E-state index contributed by atoms with van der Waals surface area (Å²) < 4.78 is 0. The summed E-state index contributed by atoms with van der Waals surface area (Å²) in [6.07, 6.45) is 1.65. The molecule has 0 bridgehead atoms. The van der Waals surface area contributed by atoms with Crippen molar-refractivity contribution >= 4 is 5.91 Å². The van der Waals surface area contributed by atoms with Crippen molar-refractivity contribution < 1.29 is 9.90 Å². The minimum atomic E-state index is -0.326. The number of hydrogen-bond acceptors (Lipinski definition) is 3. The zero-order valence-corrected chi connectivity index (χ0v) is 8.07. The molecule has 0 spiro atoms. The van der Waals surface area contributed by atoms with Gasteiger partial charge < -0.3 is 15.7 Å². The van der Waals surface area contributed by atoms with Gasteiger partial charge in [0.25, 0.3) is 0 Å². The highest BCUT2D eigenvalue weighted by Gasteiger charge is 2.25. The zero-order chi connectivity index (χ0) is 9.84.